The Kier molecular flexibility index (Phi) is 5.21. The van der Waals surface area contributed by atoms with E-state index in [2.05, 4.69) is 10.2 Å². The molecule has 0 saturated heterocycles. The maximum atomic E-state index is 13.2. The second-order valence-corrected chi connectivity index (χ2v) is 7.72. The van der Waals surface area contributed by atoms with Gasteiger partial charge in [0, 0.05) is 12.0 Å². The molecular weight excluding hydrogens is 427 g/mol. The average Bonchev–Trinajstić information content (AvgIpc) is 3.55. The first-order valence-corrected chi connectivity index (χ1v) is 10.3. The van der Waals surface area contributed by atoms with E-state index in [1.807, 2.05) is 31.2 Å². The van der Waals surface area contributed by atoms with E-state index >= 15 is 0 Å². The monoisotopic (exact) mass is 446 g/mol. The third kappa shape index (κ3) is 4.12. The summed E-state index contributed by atoms with van der Waals surface area (Å²) >= 11 is 0. The number of halogens is 1. The number of furan rings is 1. The molecule has 0 N–H and O–H groups in total. The molecule has 8 nitrogen and oxygen atoms in total. The summed E-state index contributed by atoms with van der Waals surface area (Å²) in [7, 11) is 0. The summed E-state index contributed by atoms with van der Waals surface area (Å²) in [5.41, 5.74) is 3.19. The zero-order valence-corrected chi connectivity index (χ0v) is 17.6. The molecule has 9 heteroatoms. The molecule has 3 heterocycles. The Morgan fingerprint density at radius 2 is 1.82 bits per heavy atom. The molecule has 0 radical (unpaired) electrons. The van der Waals surface area contributed by atoms with Gasteiger partial charge in [-0.2, -0.15) is 9.78 Å². The number of amides is 1. The van der Waals surface area contributed by atoms with Crippen molar-refractivity contribution >= 4 is 11.6 Å². The maximum absolute atomic E-state index is 13.2. The molecule has 4 aromatic rings. The minimum atomic E-state index is -0.792. The number of carbonyl (C=O) groups is 1. The van der Waals surface area contributed by atoms with Crippen molar-refractivity contribution in [3.05, 3.63) is 100 Å². The van der Waals surface area contributed by atoms with Crippen LogP contribution in [-0.4, -0.2) is 26.4 Å². The molecule has 0 bridgehead atoms. The van der Waals surface area contributed by atoms with E-state index in [-0.39, 0.29) is 12.4 Å². The quantitative estimate of drug-likeness (QED) is 0.463. The Hall–Kier alpha value is -4.27. The normalized spacial score (nSPS) is 15.6. The number of nitrogens with zero attached hydrogens (tertiary/aromatic N) is 4. The van der Waals surface area contributed by atoms with Crippen LogP contribution in [0.1, 0.15) is 29.3 Å². The first-order chi connectivity index (χ1) is 16.0. The lowest BCUT2D eigenvalue weighted by atomic mass is 10.0. The highest BCUT2D eigenvalue weighted by molar-refractivity contribution is 6.03. The second kappa shape index (κ2) is 8.34. The maximum Gasteiger partial charge on any atom is 0.437 e. The third-order valence-electron chi connectivity index (χ3n) is 5.40. The SMILES string of the molecule is Cc1ccc(C2=NN(C(=O)Cn3nc(-c4ccc(F)cc4)oc3=O)[C@@H](c3ccco3)C2)cc1. The predicted molar refractivity (Wildman–Crippen MR) is 117 cm³/mol. The number of hydrogen-bond donors (Lipinski definition) is 0. The van der Waals surface area contributed by atoms with Gasteiger partial charge in [-0.25, -0.2) is 14.2 Å². The van der Waals surface area contributed by atoms with Gasteiger partial charge in [0.25, 0.3) is 5.91 Å². The highest BCUT2D eigenvalue weighted by Gasteiger charge is 2.35. The van der Waals surface area contributed by atoms with Gasteiger partial charge >= 0.3 is 5.76 Å². The molecule has 166 valence electrons. The molecule has 0 unspecified atom stereocenters. The molecule has 2 aromatic heterocycles. The van der Waals surface area contributed by atoms with Crippen LogP contribution in [0.5, 0.6) is 0 Å². The molecule has 0 saturated carbocycles. The molecule has 5 rings (SSSR count). The number of rotatable bonds is 5. The molecule has 1 amide bonds. The van der Waals surface area contributed by atoms with E-state index < -0.39 is 23.5 Å². The van der Waals surface area contributed by atoms with E-state index in [0.717, 1.165) is 21.5 Å². The van der Waals surface area contributed by atoms with Crippen molar-refractivity contribution in [1.29, 1.82) is 0 Å². The van der Waals surface area contributed by atoms with Gasteiger partial charge in [-0.1, -0.05) is 29.8 Å². The summed E-state index contributed by atoms with van der Waals surface area (Å²) in [6.07, 6.45) is 2.01. The largest absolute Gasteiger partial charge is 0.467 e. The van der Waals surface area contributed by atoms with Crippen LogP contribution in [0.2, 0.25) is 0 Å². The Morgan fingerprint density at radius 1 is 1.09 bits per heavy atom. The zero-order valence-electron chi connectivity index (χ0n) is 17.6. The van der Waals surface area contributed by atoms with Crippen LogP contribution < -0.4 is 5.76 Å². The van der Waals surface area contributed by atoms with Crippen molar-refractivity contribution in [1.82, 2.24) is 14.8 Å². The Bertz CT molecular complexity index is 1370. The Balaban J connectivity index is 1.42. The highest BCUT2D eigenvalue weighted by atomic mass is 19.1. The molecule has 0 spiro atoms. The Labute approximate surface area is 187 Å². The van der Waals surface area contributed by atoms with Crippen LogP contribution in [0, 0.1) is 12.7 Å². The molecule has 33 heavy (non-hydrogen) atoms. The van der Waals surface area contributed by atoms with Crippen LogP contribution in [-0.2, 0) is 11.3 Å². The van der Waals surface area contributed by atoms with Crippen LogP contribution >= 0.6 is 0 Å². The van der Waals surface area contributed by atoms with Crippen LogP contribution in [0.3, 0.4) is 0 Å². The molecule has 1 aliphatic heterocycles. The zero-order chi connectivity index (χ0) is 22.9. The molecule has 1 aliphatic rings. The van der Waals surface area contributed by atoms with Gasteiger partial charge in [0.1, 0.15) is 24.2 Å². The molecule has 0 fully saturated rings. The van der Waals surface area contributed by atoms with E-state index in [0.29, 0.717) is 17.7 Å². The second-order valence-electron chi connectivity index (χ2n) is 7.72. The third-order valence-corrected chi connectivity index (χ3v) is 5.40. The fourth-order valence-corrected chi connectivity index (χ4v) is 3.68. The first kappa shape index (κ1) is 20.6. The van der Waals surface area contributed by atoms with Gasteiger partial charge in [-0.3, -0.25) is 4.79 Å². The van der Waals surface area contributed by atoms with Gasteiger partial charge in [-0.15, -0.1) is 5.10 Å². The summed E-state index contributed by atoms with van der Waals surface area (Å²) < 4.78 is 24.8. The summed E-state index contributed by atoms with van der Waals surface area (Å²) in [5.74, 6) is -1.07. The number of hydrazone groups is 1. The topological polar surface area (TPSA) is 93.8 Å². The van der Waals surface area contributed by atoms with Crippen molar-refractivity contribution < 1.29 is 18.0 Å². The van der Waals surface area contributed by atoms with Gasteiger partial charge < -0.3 is 8.83 Å². The predicted octanol–water partition coefficient (Wildman–Crippen LogP) is 3.92. The lowest BCUT2D eigenvalue weighted by molar-refractivity contribution is -0.134. The van der Waals surface area contributed by atoms with Crippen LogP contribution in [0.25, 0.3) is 11.5 Å². The lowest BCUT2D eigenvalue weighted by Gasteiger charge is -2.19. The number of hydrogen-bond acceptors (Lipinski definition) is 6. The lowest BCUT2D eigenvalue weighted by Crippen LogP contribution is -2.33. The van der Waals surface area contributed by atoms with Crippen LogP contribution in [0.4, 0.5) is 4.39 Å². The van der Waals surface area contributed by atoms with Gasteiger partial charge in [0.15, 0.2) is 0 Å². The highest BCUT2D eigenvalue weighted by Crippen LogP contribution is 2.33. The molecule has 2 aromatic carbocycles. The summed E-state index contributed by atoms with van der Waals surface area (Å²) in [5, 5.41) is 9.97. The fourth-order valence-electron chi connectivity index (χ4n) is 3.68. The Morgan fingerprint density at radius 3 is 2.52 bits per heavy atom. The molecule has 0 aliphatic carbocycles. The van der Waals surface area contributed by atoms with E-state index in [1.54, 1.807) is 18.4 Å². The number of aryl methyl sites for hydroxylation is 1. The first-order valence-electron chi connectivity index (χ1n) is 10.3. The minimum absolute atomic E-state index is 0.000604. The number of benzene rings is 2. The van der Waals surface area contributed by atoms with Gasteiger partial charge in [-0.05, 0) is 48.9 Å². The summed E-state index contributed by atoms with van der Waals surface area (Å²) in [4.78, 5) is 25.5. The number of carbonyl (C=O) groups excluding carboxylic acids is 1. The van der Waals surface area contributed by atoms with Crippen molar-refractivity contribution in [2.45, 2.75) is 25.9 Å². The average molecular weight is 446 g/mol. The van der Waals surface area contributed by atoms with E-state index in [1.165, 1.54) is 29.3 Å². The summed E-state index contributed by atoms with van der Waals surface area (Å²) in [6.45, 7) is 1.63. The standard InChI is InChI=1S/C24H19FN4O4/c1-15-4-6-16(7-5-15)19-13-20(21-3-2-12-32-21)29(26-19)22(30)14-28-24(31)33-23(27-28)17-8-10-18(25)11-9-17/h2-12,20H,13-14H2,1H3/t20-/m1/s1. The van der Waals surface area contributed by atoms with Crippen molar-refractivity contribution in [2.75, 3.05) is 0 Å². The molecular formula is C24H19FN4O4. The minimum Gasteiger partial charge on any atom is -0.467 e. The van der Waals surface area contributed by atoms with Crippen molar-refractivity contribution in [3.63, 3.8) is 0 Å². The smallest absolute Gasteiger partial charge is 0.437 e. The van der Waals surface area contributed by atoms with Crippen LogP contribution in [0.15, 0.2) is 85.7 Å². The van der Waals surface area contributed by atoms with Crippen molar-refractivity contribution in [2.24, 2.45) is 5.10 Å². The van der Waals surface area contributed by atoms with Crippen molar-refractivity contribution in [3.8, 4) is 11.5 Å². The van der Waals surface area contributed by atoms with E-state index in [4.69, 9.17) is 8.83 Å². The summed E-state index contributed by atoms with van der Waals surface area (Å²) in [6, 6.07) is 16.3. The van der Waals surface area contributed by atoms with Gasteiger partial charge in [0.05, 0.1) is 12.0 Å². The van der Waals surface area contributed by atoms with E-state index in [9.17, 15) is 14.0 Å². The molecule has 1 atom stereocenters. The number of aromatic nitrogens is 2. The van der Waals surface area contributed by atoms with Gasteiger partial charge in [0.2, 0.25) is 5.89 Å². The fraction of sp³-hybridized carbons (Fsp3) is 0.167.